The Kier molecular flexibility index (Phi) is 3.27. The molecule has 1 aromatic rings. The van der Waals surface area contributed by atoms with Gasteiger partial charge >= 0.3 is 0 Å². The first-order valence-electron chi connectivity index (χ1n) is 6.04. The number of rotatable bonds is 2. The highest BCUT2D eigenvalue weighted by Crippen LogP contribution is 2.26. The second-order valence-electron chi connectivity index (χ2n) is 4.55. The summed E-state index contributed by atoms with van der Waals surface area (Å²) in [6.45, 7) is 6.45. The van der Waals surface area contributed by atoms with Gasteiger partial charge in [0, 0.05) is 18.7 Å². The molecule has 1 aliphatic heterocycles. The van der Waals surface area contributed by atoms with Crippen LogP contribution in [0, 0.1) is 12.8 Å². The first-order valence-corrected chi connectivity index (χ1v) is 6.04. The lowest BCUT2D eigenvalue weighted by Gasteiger charge is -2.33. The summed E-state index contributed by atoms with van der Waals surface area (Å²) in [7, 11) is 0. The Morgan fingerprint density at radius 2 is 2.06 bits per heavy atom. The van der Waals surface area contributed by atoms with Crippen molar-refractivity contribution >= 4 is 11.6 Å². The van der Waals surface area contributed by atoms with Crippen LogP contribution in [-0.2, 0) is 0 Å². The van der Waals surface area contributed by atoms with E-state index in [4.69, 9.17) is 5.73 Å². The number of hydrogen-bond donors (Lipinski definition) is 1. The van der Waals surface area contributed by atoms with Crippen LogP contribution in [0.25, 0.3) is 0 Å². The molecule has 1 aromatic heterocycles. The highest BCUT2D eigenvalue weighted by molar-refractivity contribution is 5.55. The van der Waals surface area contributed by atoms with E-state index >= 15 is 0 Å². The van der Waals surface area contributed by atoms with E-state index in [1.165, 1.54) is 19.3 Å². The van der Waals surface area contributed by atoms with Crippen LogP contribution in [-0.4, -0.2) is 23.1 Å². The predicted molar refractivity (Wildman–Crippen MR) is 66.4 cm³/mol. The fourth-order valence-electron chi connectivity index (χ4n) is 2.33. The summed E-state index contributed by atoms with van der Waals surface area (Å²) >= 11 is 0. The topological polar surface area (TPSA) is 55.0 Å². The normalized spacial score (nSPS) is 17.8. The summed E-state index contributed by atoms with van der Waals surface area (Å²) in [5.41, 5.74) is 6.81. The molecule has 0 bridgehead atoms. The van der Waals surface area contributed by atoms with Gasteiger partial charge < -0.3 is 10.6 Å². The number of anilines is 2. The lowest BCUT2D eigenvalue weighted by Crippen LogP contribution is -2.34. The Hall–Kier alpha value is -1.32. The number of nitrogens with two attached hydrogens (primary N) is 1. The fraction of sp³-hybridized carbons (Fsp3) is 0.667. The van der Waals surface area contributed by atoms with Gasteiger partial charge in [0.05, 0.1) is 0 Å². The lowest BCUT2D eigenvalue weighted by molar-refractivity contribution is 0.393. The molecule has 2 heterocycles. The molecule has 0 aromatic carbocycles. The van der Waals surface area contributed by atoms with E-state index in [9.17, 15) is 0 Å². The van der Waals surface area contributed by atoms with Gasteiger partial charge in [0.2, 0.25) is 0 Å². The fourth-order valence-corrected chi connectivity index (χ4v) is 2.33. The Morgan fingerprint density at radius 3 is 2.69 bits per heavy atom. The number of aromatic nitrogens is 2. The standard InChI is InChI=1S/C12H20N4/c1-3-10-4-6-16(7-5-10)12-9(2)11(13)14-8-15-12/h8,10H,3-7H2,1-2H3,(H2,13,14,15). The van der Waals surface area contributed by atoms with Gasteiger partial charge in [0.25, 0.3) is 0 Å². The van der Waals surface area contributed by atoms with E-state index in [0.717, 1.165) is 30.4 Å². The molecule has 0 unspecified atom stereocenters. The van der Waals surface area contributed by atoms with E-state index < -0.39 is 0 Å². The molecule has 2 rings (SSSR count). The summed E-state index contributed by atoms with van der Waals surface area (Å²) in [6.07, 6.45) is 5.38. The number of hydrogen-bond acceptors (Lipinski definition) is 4. The van der Waals surface area contributed by atoms with Crippen molar-refractivity contribution in [3.63, 3.8) is 0 Å². The molecule has 0 atom stereocenters. The summed E-state index contributed by atoms with van der Waals surface area (Å²) in [5.74, 6) is 2.50. The van der Waals surface area contributed by atoms with E-state index in [-0.39, 0.29) is 0 Å². The van der Waals surface area contributed by atoms with Crippen molar-refractivity contribution in [1.82, 2.24) is 9.97 Å². The zero-order chi connectivity index (χ0) is 11.5. The second-order valence-corrected chi connectivity index (χ2v) is 4.55. The minimum Gasteiger partial charge on any atom is -0.383 e. The number of nitrogen functional groups attached to an aromatic ring is 1. The zero-order valence-corrected chi connectivity index (χ0v) is 10.1. The molecule has 2 N–H and O–H groups in total. The summed E-state index contributed by atoms with van der Waals surface area (Å²) in [5, 5.41) is 0. The van der Waals surface area contributed by atoms with Crippen LogP contribution >= 0.6 is 0 Å². The largest absolute Gasteiger partial charge is 0.383 e. The second kappa shape index (κ2) is 4.68. The van der Waals surface area contributed by atoms with Gasteiger partial charge in [-0.2, -0.15) is 0 Å². The SMILES string of the molecule is CCC1CCN(c2ncnc(N)c2C)CC1. The van der Waals surface area contributed by atoms with Crippen LogP contribution in [0.2, 0.25) is 0 Å². The Morgan fingerprint density at radius 1 is 1.38 bits per heavy atom. The molecule has 1 fully saturated rings. The molecular weight excluding hydrogens is 200 g/mol. The average Bonchev–Trinajstić information content (AvgIpc) is 2.33. The van der Waals surface area contributed by atoms with E-state index in [1.54, 1.807) is 6.33 Å². The molecule has 0 spiro atoms. The summed E-state index contributed by atoms with van der Waals surface area (Å²) in [6, 6.07) is 0. The van der Waals surface area contributed by atoms with Crippen LogP contribution in [0.5, 0.6) is 0 Å². The third kappa shape index (κ3) is 2.10. The molecule has 1 aliphatic rings. The molecule has 1 saturated heterocycles. The van der Waals surface area contributed by atoms with Gasteiger partial charge in [-0.25, -0.2) is 9.97 Å². The van der Waals surface area contributed by atoms with Gasteiger partial charge in [0.1, 0.15) is 18.0 Å². The third-order valence-electron chi connectivity index (χ3n) is 3.59. The van der Waals surface area contributed by atoms with Gasteiger partial charge in [-0.15, -0.1) is 0 Å². The first kappa shape index (κ1) is 11.2. The average molecular weight is 220 g/mol. The summed E-state index contributed by atoms with van der Waals surface area (Å²) in [4.78, 5) is 10.7. The van der Waals surface area contributed by atoms with Crippen LogP contribution < -0.4 is 10.6 Å². The van der Waals surface area contributed by atoms with Gasteiger partial charge in [-0.3, -0.25) is 0 Å². The first-order chi connectivity index (χ1) is 7.72. The van der Waals surface area contributed by atoms with Crippen molar-refractivity contribution in [3.05, 3.63) is 11.9 Å². The maximum Gasteiger partial charge on any atom is 0.137 e. The number of piperidine rings is 1. The van der Waals surface area contributed by atoms with Crippen LogP contribution in [0.4, 0.5) is 11.6 Å². The molecular formula is C12H20N4. The molecule has 4 heteroatoms. The highest BCUT2D eigenvalue weighted by Gasteiger charge is 2.20. The molecule has 0 amide bonds. The lowest BCUT2D eigenvalue weighted by atomic mass is 9.94. The Bertz CT molecular complexity index is 356. The Labute approximate surface area is 96.9 Å². The molecule has 16 heavy (non-hydrogen) atoms. The summed E-state index contributed by atoms with van der Waals surface area (Å²) < 4.78 is 0. The minimum atomic E-state index is 0.600. The molecule has 0 saturated carbocycles. The molecule has 0 aliphatic carbocycles. The Balaban J connectivity index is 2.11. The van der Waals surface area contributed by atoms with Gasteiger partial charge in [-0.1, -0.05) is 13.3 Å². The maximum absolute atomic E-state index is 5.80. The van der Waals surface area contributed by atoms with E-state index in [1.807, 2.05) is 6.92 Å². The monoisotopic (exact) mass is 220 g/mol. The smallest absolute Gasteiger partial charge is 0.137 e. The predicted octanol–water partition coefficient (Wildman–Crippen LogP) is 1.99. The molecule has 4 nitrogen and oxygen atoms in total. The van der Waals surface area contributed by atoms with Crippen LogP contribution in [0.15, 0.2) is 6.33 Å². The zero-order valence-electron chi connectivity index (χ0n) is 10.1. The molecule has 0 radical (unpaired) electrons. The third-order valence-corrected chi connectivity index (χ3v) is 3.59. The van der Waals surface area contributed by atoms with E-state index in [2.05, 4.69) is 21.8 Å². The van der Waals surface area contributed by atoms with E-state index in [0.29, 0.717) is 5.82 Å². The van der Waals surface area contributed by atoms with Crippen molar-refractivity contribution < 1.29 is 0 Å². The van der Waals surface area contributed by atoms with Crippen molar-refractivity contribution in [2.45, 2.75) is 33.1 Å². The van der Waals surface area contributed by atoms with Gasteiger partial charge in [0.15, 0.2) is 0 Å². The molecule has 88 valence electrons. The highest BCUT2D eigenvalue weighted by atomic mass is 15.2. The van der Waals surface area contributed by atoms with Crippen LogP contribution in [0.3, 0.4) is 0 Å². The minimum absolute atomic E-state index is 0.600. The van der Waals surface area contributed by atoms with Crippen molar-refractivity contribution in [2.75, 3.05) is 23.7 Å². The number of nitrogens with zero attached hydrogens (tertiary/aromatic N) is 3. The van der Waals surface area contributed by atoms with Crippen molar-refractivity contribution in [2.24, 2.45) is 5.92 Å². The quantitative estimate of drug-likeness (QED) is 0.828. The maximum atomic E-state index is 5.80. The van der Waals surface area contributed by atoms with Gasteiger partial charge in [-0.05, 0) is 25.7 Å². The van der Waals surface area contributed by atoms with Crippen LogP contribution in [0.1, 0.15) is 31.7 Å². The van der Waals surface area contributed by atoms with Crippen molar-refractivity contribution in [1.29, 1.82) is 0 Å². The van der Waals surface area contributed by atoms with Crippen molar-refractivity contribution in [3.8, 4) is 0 Å².